The number of hydrogen-bond acceptors (Lipinski definition) is 3. The maximum absolute atomic E-state index is 10.7. The van der Waals surface area contributed by atoms with E-state index in [2.05, 4.69) is 37.2 Å². The van der Waals surface area contributed by atoms with Crippen molar-refractivity contribution in [1.82, 2.24) is 0 Å². The van der Waals surface area contributed by atoms with Crippen LogP contribution < -0.4 is 5.32 Å². The third-order valence-corrected chi connectivity index (χ3v) is 4.44. The molecule has 0 spiro atoms. The van der Waals surface area contributed by atoms with E-state index >= 15 is 0 Å². The van der Waals surface area contributed by atoms with Crippen molar-refractivity contribution in [3.63, 3.8) is 0 Å². The van der Waals surface area contributed by atoms with Gasteiger partial charge in [0.05, 0.1) is 4.92 Å². The van der Waals surface area contributed by atoms with Gasteiger partial charge in [0.2, 0.25) is 0 Å². The quantitative estimate of drug-likeness (QED) is 0.478. The molecule has 2 rings (SSSR count). The number of nitro benzene ring substituents is 1. The number of anilines is 1. The summed E-state index contributed by atoms with van der Waals surface area (Å²) in [6.07, 6.45) is 0. The van der Waals surface area contributed by atoms with E-state index in [1.807, 2.05) is 25.1 Å². The summed E-state index contributed by atoms with van der Waals surface area (Å²) in [6, 6.07) is 10.5. The Morgan fingerprint density at radius 2 is 1.95 bits per heavy atom. The summed E-state index contributed by atoms with van der Waals surface area (Å²) in [7, 11) is 0. The highest BCUT2D eigenvalue weighted by molar-refractivity contribution is 9.11. The minimum Gasteiger partial charge on any atom is -0.378 e. The SMILES string of the molecule is CC(Nc1ccc([N+](=O)[O-])c(Cl)c1)c1ccc(Br)cc1Br. The monoisotopic (exact) mass is 432 g/mol. The fraction of sp³-hybridized carbons (Fsp3) is 0.143. The van der Waals surface area contributed by atoms with E-state index in [0.717, 1.165) is 20.2 Å². The molecule has 2 aromatic rings. The molecule has 0 amide bonds. The van der Waals surface area contributed by atoms with E-state index in [4.69, 9.17) is 11.6 Å². The number of nitrogens with one attached hydrogen (secondary N) is 1. The van der Waals surface area contributed by atoms with Gasteiger partial charge < -0.3 is 5.32 Å². The fourth-order valence-electron chi connectivity index (χ4n) is 1.93. The van der Waals surface area contributed by atoms with Crippen LogP contribution in [0.25, 0.3) is 0 Å². The molecular weight excluding hydrogens is 423 g/mol. The maximum atomic E-state index is 10.7. The fourth-order valence-corrected chi connectivity index (χ4v) is 3.57. The Hall–Kier alpha value is -1.11. The number of nitro groups is 1. The van der Waals surface area contributed by atoms with Crippen LogP contribution in [0.4, 0.5) is 11.4 Å². The summed E-state index contributed by atoms with van der Waals surface area (Å²) >= 11 is 12.8. The molecule has 0 bridgehead atoms. The molecule has 0 saturated carbocycles. The van der Waals surface area contributed by atoms with Crippen molar-refractivity contribution in [1.29, 1.82) is 0 Å². The van der Waals surface area contributed by atoms with Crippen LogP contribution in [0.1, 0.15) is 18.5 Å². The predicted octanol–water partition coefficient (Wildman–Crippen LogP) is 5.95. The second-order valence-electron chi connectivity index (χ2n) is 4.46. The van der Waals surface area contributed by atoms with Gasteiger partial charge in [-0.15, -0.1) is 0 Å². The Morgan fingerprint density at radius 3 is 2.52 bits per heavy atom. The molecule has 7 heteroatoms. The molecule has 1 N–H and O–H groups in total. The van der Waals surface area contributed by atoms with Gasteiger partial charge >= 0.3 is 0 Å². The standard InChI is InChI=1S/C14H11Br2ClN2O2/c1-8(11-4-2-9(15)6-12(11)16)18-10-3-5-14(19(20)21)13(17)7-10/h2-8,18H,1H3. The lowest BCUT2D eigenvalue weighted by molar-refractivity contribution is -0.384. The number of halogens is 3. The molecule has 2 aromatic carbocycles. The minimum absolute atomic E-state index is 0.0185. The highest BCUT2D eigenvalue weighted by Crippen LogP contribution is 2.31. The van der Waals surface area contributed by atoms with Crippen molar-refractivity contribution < 1.29 is 4.92 Å². The first-order chi connectivity index (χ1) is 9.88. The zero-order valence-corrected chi connectivity index (χ0v) is 14.9. The van der Waals surface area contributed by atoms with E-state index in [-0.39, 0.29) is 16.8 Å². The normalized spacial score (nSPS) is 12.0. The lowest BCUT2D eigenvalue weighted by atomic mass is 10.1. The molecule has 0 heterocycles. The summed E-state index contributed by atoms with van der Waals surface area (Å²) < 4.78 is 1.97. The summed E-state index contributed by atoms with van der Waals surface area (Å²) in [4.78, 5) is 10.2. The van der Waals surface area contributed by atoms with Gasteiger partial charge in [-0.25, -0.2) is 0 Å². The largest absolute Gasteiger partial charge is 0.378 e. The first-order valence-corrected chi connectivity index (χ1v) is 8.00. The Bertz CT molecular complexity index is 695. The zero-order valence-electron chi connectivity index (χ0n) is 10.9. The van der Waals surface area contributed by atoms with Crippen LogP contribution in [0.5, 0.6) is 0 Å². The van der Waals surface area contributed by atoms with Gasteiger partial charge in [0.15, 0.2) is 0 Å². The van der Waals surface area contributed by atoms with E-state index < -0.39 is 4.92 Å². The highest BCUT2D eigenvalue weighted by Gasteiger charge is 2.14. The first kappa shape index (κ1) is 16.3. The molecule has 0 saturated heterocycles. The molecule has 0 radical (unpaired) electrons. The topological polar surface area (TPSA) is 55.2 Å². The van der Waals surface area contributed by atoms with Gasteiger partial charge in [-0.1, -0.05) is 49.5 Å². The second kappa shape index (κ2) is 6.77. The van der Waals surface area contributed by atoms with Crippen LogP contribution in [0.3, 0.4) is 0 Å². The van der Waals surface area contributed by atoms with Crippen LogP contribution in [0.2, 0.25) is 5.02 Å². The lowest BCUT2D eigenvalue weighted by Gasteiger charge is -2.17. The third kappa shape index (κ3) is 3.96. The minimum atomic E-state index is -0.499. The predicted molar refractivity (Wildman–Crippen MR) is 92.0 cm³/mol. The van der Waals surface area contributed by atoms with Gasteiger partial charge in [-0.05, 0) is 36.8 Å². The van der Waals surface area contributed by atoms with Crippen LogP contribution >= 0.6 is 43.5 Å². The van der Waals surface area contributed by atoms with Gasteiger partial charge in [-0.3, -0.25) is 10.1 Å². The number of hydrogen-bond donors (Lipinski definition) is 1. The maximum Gasteiger partial charge on any atom is 0.288 e. The zero-order chi connectivity index (χ0) is 15.6. The van der Waals surface area contributed by atoms with Crippen LogP contribution in [0, 0.1) is 10.1 Å². The lowest BCUT2D eigenvalue weighted by Crippen LogP contribution is -2.07. The first-order valence-electron chi connectivity index (χ1n) is 6.04. The smallest absolute Gasteiger partial charge is 0.288 e. The Balaban J connectivity index is 2.21. The molecular formula is C14H11Br2ClN2O2. The van der Waals surface area contributed by atoms with Crippen molar-refractivity contribution >= 4 is 54.8 Å². The van der Waals surface area contributed by atoms with E-state index in [1.54, 1.807) is 12.1 Å². The van der Waals surface area contributed by atoms with Gasteiger partial charge in [0, 0.05) is 26.7 Å². The van der Waals surface area contributed by atoms with Crippen molar-refractivity contribution in [3.8, 4) is 0 Å². The third-order valence-electron chi connectivity index (χ3n) is 2.96. The second-order valence-corrected chi connectivity index (χ2v) is 6.63. The summed E-state index contributed by atoms with van der Waals surface area (Å²) in [5, 5.41) is 14.1. The van der Waals surface area contributed by atoms with Crippen molar-refractivity contribution in [3.05, 3.63) is 66.0 Å². The van der Waals surface area contributed by atoms with Gasteiger partial charge in [0.1, 0.15) is 5.02 Å². The molecule has 1 unspecified atom stereocenters. The molecule has 4 nitrogen and oxygen atoms in total. The van der Waals surface area contributed by atoms with E-state index in [0.29, 0.717) is 0 Å². The molecule has 0 aliphatic rings. The Kier molecular flexibility index (Phi) is 5.24. The van der Waals surface area contributed by atoms with Crippen LogP contribution in [-0.2, 0) is 0 Å². The number of rotatable bonds is 4. The summed E-state index contributed by atoms with van der Waals surface area (Å²) in [5.74, 6) is 0. The molecule has 1 atom stereocenters. The van der Waals surface area contributed by atoms with Crippen LogP contribution in [-0.4, -0.2) is 4.92 Å². The average Bonchev–Trinajstić information content (AvgIpc) is 2.37. The highest BCUT2D eigenvalue weighted by atomic mass is 79.9. The van der Waals surface area contributed by atoms with Crippen molar-refractivity contribution in [2.75, 3.05) is 5.32 Å². The molecule has 0 aromatic heterocycles. The Morgan fingerprint density at radius 1 is 1.24 bits per heavy atom. The average molecular weight is 435 g/mol. The molecule has 0 aliphatic carbocycles. The van der Waals surface area contributed by atoms with E-state index in [1.165, 1.54) is 6.07 Å². The van der Waals surface area contributed by atoms with Gasteiger partial charge in [-0.2, -0.15) is 0 Å². The molecule has 21 heavy (non-hydrogen) atoms. The van der Waals surface area contributed by atoms with Crippen molar-refractivity contribution in [2.24, 2.45) is 0 Å². The van der Waals surface area contributed by atoms with Crippen molar-refractivity contribution in [2.45, 2.75) is 13.0 Å². The Labute approximate surface area is 143 Å². The van der Waals surface area contributed by atoms with Gasteiger partial charge in [0.25, 0.3) is 5.69 Å². The number of benzene rings is 2. The molecule has 0 fully saturated rings. The summed E-state index contributed by atoms with van der Waals surface area (Å²) in [5.41, 5.74) is 1.71. The summed E-state index contributed by atoms with van der Waals surface area (Å²) in [6.45, 7) is 2.00. The molecule has 0 aliphatic heterocycles. The molecule has 110 valence electrons. The number of nitrogens with zero attached hydrogens (tertiary/aromatic N) is 1. The van der Waals surface area contributed by atoms with Crippen LogP contribution in [0.15, 0.2) is 45.3 Å². The van der Waals surface area contributed by atoms with E-state index in [9.17, 15) is 10.1 Å².